The number of hydrazone groups is 1. The lowest BCUT2D eigenvalue weighted by molar-refractivity contribution is 0.318. The summed E-state index contributed by atoms with van der Waals surface area (Å²) < 4.78 is 5.32. The normalized spacial score (nSPS) is 10.8. The zero-order valence-electron chi connectivity index (χ0n) is 11.9. The molecule has 0 atom stereocenters. The summed E-state index contributed by atoms with van der Waals surface area (Å²) >= 11 is 6.05. The quantitative estimate of drug-likeness (QED) is 0.643. The molecule has 0 spiro atoms. The molecule has 4 nitrogen and oxygen atoms in total. The van der Waals surface area contributed by atoms with Crippen LogP contribution in [0.2, 0.25) is 5.02 Å². The molecule has 0 amide bonds. The number of anilines is 1. The van der Waals surface area contributed by atoms with Crippen molar-refractivity contribution in [3.8, 4) is 11.5 Å². The van der Waals surface area contributed by atoms with Crippen molar-refractivity contribution in [2.24, 2.45) is 5.10 Å². The maximum Gasteiger partial charge on any atom is 0.161 e. The molecule has 0 fully saturated rings. The van der Waals surface area contributed by atoms with Gasteiger partial charge in [0.2, 0.25) is 0 Å². The van der Waals surface area contributed by atoms with E-state index >= 15 is 0 Å². The van der Waals surface area contributed by atoms with Gasteiger partial charge in [-0.3, -0.25) is 5.43 Å². The number of benzene rings is 2. The molecule has 0 radical (unpaired) electrons. The van der Waals surface area contributed by atoms with Crippen molar-refractivity contribution < 1.29 is 9.84 Å². The number of hydrogen-bond acceptors (Lipinski definition) is 4. The highest BCUT2D eigenvalue weighted by atomic mass is 35.5. The highest BCUT2D eigenvalue weighted by Gasteiger charge is 2.02. The summed E-state index contributed by atoms with van der Waals surface area (Å²) in [6.45, 7) is 4.30. The summed E-state index contributed by atoms with van der Waals surface area (Å²) in [5.41, 5.74) is 5.56. The second-order valence-electron chi connectivity index (χ2n) is 4.49. The molecule has 0 aliphatic heterocycles. The molecule has 2 N–H and O–H groups in total. The van der Waals surface area contributed by atoms with E-state index < -0.39 is 0 Å². The van der Waals surface area contributed by atoms with Crippen molar-refractivity contribution in [2.75, 3.05) is 12.0 Å². The van der Waals surface area contributed by atoms with Crippen LogP contribution in [0.3, 0.4) is 0 Å². The number of aryl methyl sites for hydroxylation is 1. The zero-order chi connectivity index (χ0) is 15.2. The third-order valence-electron chi connectivity index (χ3n) is 2.86. The van der Waals surface area contributed by atoms with Crippen LogP contribution in [0, 0.1) is 6.92 Å². The van der Waals surface area contributed by atoms with E-state index in [1.165, 1.54) is 0 Å². The molecule has 0 heterocycles. The molecule has 2 aromatic rings. The minimum Gasteiger partial charge on any atom is -0.504 e. The molecule has 0 aliphatic carbocycles. The third kappa shape index (κ3) is 4.13. The Kier molecular flexibility index (Phi) is 5.06. The van der Waals surface area contributed by atoms with Crippen LogP contribution in [-0.2, 0) is 0 Å². The van der Waals surface area contributed by atoms with Gasteiger partial charge in [0.1, 0.15) is 0 Å². The Balaban J connectivity index is 2.07. The lowest BCUT2D eigenvalue weighted by atomic mass is 10.2. The van der Waals surface area contributed by atoms with Gasteiger partial charge in [-0.05, 0) is 55.3 Å². The van der Waals surface area contributed by atoms with Gasteiger partial charge >= 0.3 is 0 Å². The summed E-state index contributed by atoms with van der Waals surface area (Å²) in [6, 6.07) is 10.7. The first-order valence-electron chi connectivity index (χ1n) is 6.61. The molecule has 2 rings (SSSR count). The van der Waals surface area contributed by atoms with Crippen molar-refractivity contribution in [3.63, 3.8) is 0 Å². The van der Waals surface area contributed by atoms with Gasteiger partial charge in [-0.25, -0.2) is 0 Å². The Bertz CT molecular complexity index is 657. The number of halogens is 1. The maximum absolute atomic E-state index is 9.63. The molecule has 2 aromatic carbocycles. The first-order valence-corrected chi connectivity index (χ1v) is 6.99. The average molecular weight is 305 g/mol. The van der Waals surface area contributed by atoms with Gasteiger partial charge in [0.05, 0.1) is 18.5 Å². The van der Waals surface area contributed by atoms with Gasteiger partial charge in [-0.15, -0.1) is 0 Å². The van der Waals surface area contributed by atoms with Gasteiger partial charge in [0, 0.05) is 5.02 Å². The molecule has 0 aliphatic rings. The second kappa shape index (κ2) is 6.99. The summed E-state index contributed by atoms with van der Waals surface area (Å²) in [4.78, 5) is 0. The predicted octanol–water partition coefficient (Wildman–Crippen LogP) is 4.20. The fourth-order valence-corrected chi connectivity index (χ4v) is 1.91. The first kappa shape index (κ1) is 15.2. The Labute approximate surface area is 129 Å². The summed E-state index contributed by atoms with van der Waals surface area (Å²) in [6.07, 6.45) is 1.65. The third-order valence-corrected chi connectivity index (χ3v) is 3.27. The first-order chi connectivity index (χ1) is 10.1. The number of nitrogens with one attached hydrogen (secondary N) is 1. The maximum atomic E-state index is 9.63. The van der Waals surface area contributed by atoms with Gasteiger partial charge in [0.15, 0.2) is 11.5 Å². The molecule has 0 saturated carbocycles. The second-order valence-corrected chi connectivity index (χ2v) is 4.90. The van der Waals surface area contributed by atoms with Crippen molar-refractivity contribution in [3.05, 3.63) is 52.5 Å². The number of ether oxygens (including phenoxy) is 1. The van der Waals surface area contributed by atoms with Crippen molar-refractivity contribution >= 4 is 23.5 Å². The largest absolute Gasteiger partial charge is 0.504 e. The van der Waals surface area contributed by atoms with E-state index in [1.807, 2.05) is 32.0 Å². The fraction of sp³-hybridized carbons (Fsp3) is 0.188. The van der Waals surface area contributed by atoms with Gasteiger partial charge in [0.25, 0.3) is 0 Å². The standard InChI is InChI=1S/C16H17ClN2O2/c1-3-21-16-8-12(5-7-15(16)20)10-18-19-13-6-4-11(2)14(17)9-13/h4-10,19-20H,3H2,1-2H3/b18-10+. The number of nitrogens with zero attached hydrogens (tertiary/aromatic N) is 1. The number of phenolic OH excluding ortho intramolecular Hbond substituents is 1. The molecule has 21 heavy (non-hydrogen) atoms. The molecule has 0 aromatic heterocycles. The van der Waals surface area contributed by atoms with Crippen LogP contribution in [-0.4, -0.2) is 17.9 Å². The highest BCUT2D eigenvalue weighted by Crippen LogP contribution is 2.26. The zero-order valence-corrected chi connectivity index (χ0v) is 12.7. The molecule has 0 bridgehead atoms. The monoisotopic (exact) mass is 304 g/mol. The SMILES string of the molecule is CCOc1cc(/C=N/Nc2ccc(C)c(Cl)c2)ccc1O. The van der Waals surface area contributed by atoms with Crippen LogP contribution in [0.5, 0.6) is 11.5 Å². The van der Waals surface area contributed by atoms with Crippen LogP contribution in [0.15, 0.2) is 41.5 Å². The van der Waals surface area contributed by atoms with E-state index in [0.717, 1.165) is 16.8 Å². The molecule has 110 valence electrons. The number of rotatable bonds is 5. The van der Waals surface area contributed by atoms with E-state index in [2.05, 4.69) is 10.5 Å². The van der Waals surface area contributed by atoms with Gasteiger partial charge in [-0.2, -0.15) is 5.10 Å². The van der Waals surface area contributed by atoms with Crippen LogP contribution in [0.25, 0.3) is 0 Å². The number of aromatic hydroxyl groups is 1. The van der Waals surface area contributed by atoms with Gasteiger partial charge in [-0.1, -0.05) is 17.7 Å². The number of phenols is 1. The van der Waals surface area contributed by atoms with Crippen LogP contribution < -0.4 is 10.2 Å². The van der Waals surface area contributed by atoms with Crippen molar-refractivity contribution in [1.82, 2.24) is 0 Å². The lowest BCUT2D eigenvalue weighted by Gasteiger charge is -2.06. The van der Waals surface area contributed by atoms with E-state index in [1.54, 1.807) is 24.4 Å². The van der Waals surface area contributed by atoms with E-state index in [4.69, 9.17) is 16.3 Å². The number of hydrogen-bond donors (Lipinski definition) is 2. The topological polar surface area (TPSA) is 53.8 Å². The summed E-state index contributed by atoms with van der Waals surface area (Å²) in [7, 11) is 0. The Morgan fingerprint density at radius 2 is 2.10 bits per heavy atom. The lowest BCUT2D eigenvalue weighted by Crippen LogP contribution is -1.94. The molecule has 0 saturated heterocycles. The summed E-state index contributed by atoms with van der Waals surface area (Å²) in [5, 5.41) is 14.5. The minimum atomic E-state index is 0.118. The van der Waals surface area contributed by atoms with E-state index in [9.17, 15) is 5.11 Å². The van der Waals surface area contributed by atoms with Crippen LogP contribution in [0.1, 0.15) is 18.1 Å². The Morgan fingerprint density at radius 1 is 1.29 bits per heavy atom. The van der Waals surface area contributed by atoms with Crippen molar-refractivity contribution in [2.45, 2.75) is 13.8 Å². The van der Waals surface area contributed by atoms with E-state index in [0.29, 0.717) is 17.4 Å². The summed E-state index contributed by atoms with van der Waals surface area (Å²) in [5.74, 6) is 0.562. The van der Waals surface area contributed by atoms with E-state index in [-0.39, 0.29) is 5.75 Å². The van der Waals surface area contributed by atoms with Crippen LogP contribution in [0.4, 0.5) is 5.69 Å². The van der Waals surface area contributed by atoms with Crippen molar-refractivity contribution in [1.29, 1.82) is 0 Å². The Morgan fingerprint density at radius 3 is 2.81 bits per heavy atom. The molecule has 0 unspecified atom stereocenters. The average Bonchev–Trinajstić information content (AvgIpc) is 2.46. The fourth-order valence-electron chi connectivity index (χ4n) is 1.73. The Hall–Kier alpha value is -2.20. The molecular formula is C16H17ClN2O2. The van der Waals surface area contributed by atoms with Crippen LogP contribution >= 0.6 is 11.6 Å². The highest BCUT2D eigenvalue weighted by molar-refractivity contribution is 6.31. The predicted molar refractivity (Wildman–Crippen MR) is 86.7 cm³/mol. The molecular weight excluding hydrogens is 288 g/mol. The minimum absolute atomic E-state index is 0.118. The van der Waals surface area contributed by atoms with Gasteiger partial charge < -0.3 is 9.84 Å². The smallest absolute Gasteiger partial charge is 0.161 e. The molecule has 5 heteroatoms.